The highest BCUT2D eigenvalue weighted by Gasteiger charge is 2.11. The fraction of sp³-hybridized carbons (Fsp3) is 0.286. The quantitative estimate of drug-likeness (QED) is 0.887. The highest BCUT2D eigenvalue weighted by atomic mass is 19.1. The van der Waals surface area contributed by atoms with Gasteiger partial charge in [-0.05, 0) is 19.9 Å². The summed E-state index contributed by atoms with van der Waals surface area (Å²) >= 11 is 0. The summed E-state index contributed by atoms with van der Waals surface area (Å²) in [5.41, 5.74) is 2.18. The summed E-state index contributed by atoms with van der Waals surface area (Å²) < 4.78 is 13.7. The van der Waals surface area contributed by atoms with Crippen molar-refractivity contribution in [3.05, 3.63) is 53.4 Å². The molecule has 2 aromatic rings. The zero-order valence-corrected chi connectivity index (χ0v) is 10.9. The molecule has 0 radical (unpaired) electrons. The minimum Gasteiger partial charge on any atom is -0.508 e. The van der Waals surface area contributed by atoms with Gasteiger partial charge in [0, 0.05) is 36.6 Å². The molecule has 0 saturated heterocycles. The topological polar surface area (TPSA) is 58.0 Å². The van der Waals surface area contributed by atoms with Crippen LogP contribution >= 0.6 is 0 Å². The largest absolute Gasteiger partial charge is 0.508 e. The molecule has 5 heteroatoms. The Morgan fingerprint density at radius 2 is 2.11 bits per heavy atom. The van der Waals surface area contributed by atoms with E-state index in [1.54, 1.807) is 18.5 Å². The monoisotopic (exact) mass is 261 g/mol. The smallest absolute Gasteiger partial charge is 0.131 e. The summed E-state index contributed by atoms with van der Waals surface area (Å²) in [5.74, 6) is -0.493. The van der Waals surface area contributed by atoms with Crippen molar-refractivity contribution < 1.29 is 9.50 Å². The minimum atomic E-state index is -0.421. The van der Waals surface area contributed by atoms with E-state index in [2.05, 4.69) is 15.3 Å². The maximum absolute atomic E-state index is 13.7. The van der Waals surface area contributed by atoms with Gasteiger partial charge in [0.1, 0.15) is 11.6 Å². The zero-order valence-electron chi connectivity index (χ0n) is 10.9. The van der Waals surface area contributed by atoms with Crippen LogP contribution in [-0.4, -0.2) is 15.1 Å². The molecule has 0 bridgehead atoms. The molecule has 1 atom stereocenters. The Morgan fingerprint density at radius 3 is 2.74 bits per heavy atom. The number of nitrogens with zero attached hydrogens (tertiary/aromatic N) is 2. The Hall–Kier alpha value is -2.01. The van der Waals surface area contributed by atoms with E-state index in [0.717, 1.165) is 17.5 Å². The van der Waals surface area contributed by atoms with E-state index in [0.29, 0.717) is 12.1 Å². The molecular weight excluding hydrogens is 245 g/mol. The third kappa shape index (κ3) is 3.48. The summed E-state index contributed by atoms with van der Waals surface area (Å²) in [7, 11) is 0. The van der Waals surface area contributed by atoms with Gasteiger partial charge in [0.25, 0.3) is 0 Å². The molecule has 1 unspecified atom stereocenters. The number of aromatic hydroxyl groups is 1. The lowest BCUT2D eigenvalue weighted by molar-refractivity contribution is 0.463. The number of phenols is 1. The van der Waals surface area contributed by atoms with E-state index >= 15 is 0 Å². The van der Waals surface area contributed by atoms with E-state index in [-0.39, 0.29) is 11.8 Å². The average molecular weight is 261 g/mol. The van der Waals surface area contributed by atoms with Crippen molar-refractivity contribution in [3.8, 4) is 5.75 Å². The fourth-order valence-corrected chi connectivity index (χ4v) is 1.75. The first-order valence-electron chi connectivity index (χ1n) is 6.05. The molecular formula is C14H16FN3O. The van der Waals surface area contributed by atoms with Gasteiger partial charge >= 0.3 is 0 Å². The molecule has 4 nitrogen and oxygen atoms in total. The van der Waals surface area contributed by atoms with Gasteiger partial charge in [0.2, 0.25) is 0 Å². The highest BCUT2D eigenvalue weighted by molar-refractivity contribution is 5.29. The summed E-state index contributed by atoms with van der Waals surface area (Å²) in [6.45, 7) is 4.24. The van der Waals surface area contributed by atoms with Gasteiger partial charge in [-0.3, -0.25) is 9.97 Å². The fourth-order valence-electron chi connectivity index (χ4n) is 1.75. The van der Waals surface area contributed by atoms with Crippen LogP contribution in [0.4, 0.5) is 4.39 Å². The molecule has 2 N–H and O–H groups in total. The lowest BCUT2D eigenvalue weighted by Gasteiger charge is -2.14. The molecule has 100 valence electrons. The molecule has 1 heterocycles. The predicted molar refractivity (Wildman–Crippen MR) is 70.1 cm³/mol. The van der Waals surface area contributed by atoms with Gasteiger partial charge in [-0.1, -0.05) is 6.07 Å². The molecule has 0 aliphatic carbocycles. The molecule has 2 rings (SSSR count). The third-order valence-electron chi connectivity index (χ3n) is 2.87. The van der Waals surface area contributed by atoms with Crippen molar-refractivity contribution in [2.45, 2.75) is 26.4 Å². The average Bonchev–Trinajstić information content (AvgIpc) is 2.37. The van der Waals surface area contributed by atoms with E-state index in [4.69, 9.17) is 0 Å². The van der Waals surface area contributed by atoms with Gasteiger partial charge in [-0.25, -0.2) is 4.39 Å². The second kappa shape index (κ2) is 5.75. The zero-order chi connectivity index (χ0) is 13.8. The number of halogens is 1. The van der Waals surface area contributed by atoms with Crippen LogP contribution in [0.2, 0.25) is 0 Å². The number of rotatable bonds is 4. The molecule has 1 aromatic carbocycles. The molecule has 1 aromatic heterocycles. The lowest BCUT2D eigenvalue weighted by Crippen LogP contribution is -2.19. The first-order valence-corrected chi connectivity index (χ1v) is 6.05. The number of hydrogen-bond donors (Lipinski definition) is 2. The summed E-state index contributed by atoms with van der Waals surface area (Å²) in [5, 5.41) is 12.3. The van der Waals surface area contributed by atoms with Crippen LogP contribution < -0.4 is 5.32 Å². The highest BCUT2D eigenvalue weighted by Crippen LogP contribution is 2.21. The Morgan fingerprint density at radius 1 is 1.32 bits per heavy atom. The Kier molecular flexibility index (Phi) is 4.06. The Balaban J connectivity index is 2.01. The van der Waals surface area contributed by atoms with Crippen LogP contribution in [0.15, 0.2) is 30.6 Å². The number of nitrogens with one attached hydrogen (secondary N) is 1. The van der Waals surface area contributed by atoms with Crippen LogP contribution in [0.3, 0.4) is 0 Å². The Bertz CT molecular complexity index is 557. The van der Waals surface area contributed by atoms with Gasteiger partial charge in [0.15, 0.2) is 0 Å². The van der Waals surface area contributed by atoms with Crippen molar-refractivity contribution in [2.75, 3.05) is 0 Å². The van der Waals surface area contributed by atoms with Gasteiger partial charge in [-0.2, -0.15) is 0 Å². The van der Waals surface area contributed by atoms with Crippen molar-refractivity contribution in [1.82, 2.24) is 15.3 Å². The Labute approximate surface area is 111 Å². The second-order valence-corrected chi connectivity index (χ2v) is 4.46. The maximum Gasteiger partial charge on any atom is 0.131 e. The van der Waals surface area contributed by atoms with E-state index in [1.165, 1.54) is 6.07 Å². The van der Waals surface area contributed by atoms with E-state index < -0.39 is 5.82 Å². The van der Waals surface area contributed by atoms with Gasteiger partial charge < -0.3 is 10.4 Å². The molecule has 0 spiro atoms. The summed E-state index contributed by atoms with van der Waals surface area (Å²) in [6.07, 6.45) is 3.39. The normalized spacial score (nSPS) is 12.4. The van der Waals surface area contributed by atoms with E-state index in [1.807, 2.05) is 13.8 Å². The first-order chi connectivity index (χ1) is 9.06. The van der Waals surface area contributed by atoms with Crippen LogP contribution in [0.5, 0.6) is 5.75 Å². The SMILES string of the molecule is Cc1cnc(CNC(C)c2ccc(O)cc2F)cn1. The molecule has 0 amide bonds. The van der Waals surface area contributed by atoms with Crippen molar-refractivity contribution in [1.29, 1.82) is 0 Å². The first kappa shape index (κ1) is 13.4. The van der Waals surface area contributed by atoms with Crippen molar-refractivity contribution in [2.24, 2.45) is 0 Å². The predicted octanol–water partition coefficient (Wildman–Crippen LogP) is 2.48. The standard InChI is InChI=1S/C14H16FN3O/c1-9-6-18-11(7-16-9)8-17-10(2)13-4-3-12(19)5-14(13)15/h3-7,10,17,19H,8H2,1-2H3. The van der Waals surface area contributed by atoms with Gasteiger partial charge in [-0.15, -0.1) is 0 Å². The van der Waals surface area contributed by atoms with Crippen molar-refractivity contribution >= 4 is 0 Å². The van der Waals surface area contributed by atoms with E-state index in [9.17, 15) is 9.50 Å². The molecule has 0 aliphatic rings. The number of aryl methyl sites for hydroxylation is 1. The van der Waals surface area contributed by atoms with Crippen molar-refractivity contribution in [3.63, 3.8) is 0 Å². The maximum atomic E-state index is 13.7. The molecule has 0 fully saturated rings. The molecule has 0 saturated carbocycles. The van der Waals surface area contributed by atoms with Crippen LogP contribution in [0.1, 0.15) is 29.9 Å². The number of hydrogen-bond acceptors (Lipinski definition) is 4. The number of aromatic nitrogens is 2. The van der Waals surface area contributed by atoms with Crippen LogP contribution in [0.25, 0.3) is 0 Å². The molecule has 19 heavy (non-hydrogen) atoms. The molecule has 0 aliphatic heterocycles. The minimum absolute atomic E-state index is 0.0714. The lowest BCUT2D eigenvalue weighted by atomic mass is 10.1. The van der Waals surface area contributed by atoms with Crippen LogP contribution in [0, 0.1) is 12.7 Å². The van der Waals surface area contributed by atoms with Gasteiger partial charge in [0.05, 0.1) is 11.4 Å². The summed E-state index contributed by atoms with van der Waals surface area (Å²) in [4.78, 5) is 8.37. The number of benzene rings is 1. The third-order valence-corrected chi connectivity index (χ3v) is 2.87. The second-order valence-electron chi connectivity index (χ2n) is 4.46. The summed E-state index contributed by atoms with van der Waals surface area (Å²) in [6, 6.07) is 3.98. The number of phenolic OH excluding ortho intramolecular Hbond substituents is 1. The van der Waals surface area contributed by atoms with Crippen LogP contribution in [-0.2, 0) is 6.54 Å².